The van der Waals surface area contributed by atoms with E-state index in [2.05, 4.69) is 9.47 Å². The third kappa shape index (κ3) is 5.46. The average Bonchev–Trinajstić information content (AvgIpc) is 3.49. The summed E-state index contributed by atoms with van der Waals surface area (Å²) in [7, 11) is 0. The Morgan fingerprint density at radius 2 is 0.796 bits per heavy atom. The maximum absolute atomic E-state index is 14.6. The topological polar surface area (TPSA) is 139 Å². The number of alkyl halides is 6. The molecule has 0 spiro atoms. The fourth-order valence-corrected chi connectivity index (χ4v) is 5.28. The summed E-state index contributed by atoms with van der Waals surface area (Å²) in [5.74, 6) is -7.09. The zero-order valence-electron chi connectivity index (χ0n) is 23.9. The summed E-state index contributed by atoms with van der Waals surface area (Å²) >= 11 is 0. The highest BCUT2D eigenvalue weighted by molar-refractivity contribution is 6.16. The molecular formula is C33H14F6O10. The fraction of sp³-hybridized carbons (Fsp3) is 0.0909. The van der Waals surface area contributed by atoms with Gasteiger partial charge in [0.1, 0.15) is 11.5 Å². The van der Waals surface area contributed by atoms with Crippen molar-refractivity contribution in [3.05, 3.63) is 129 Å². The van der Waals surface area contributed by atoms with Gasteiger partial charge in [-0.25, -0.2) is 28.8 Å². The Morgan fingerprint density at radius 1 is 0.469 bits per heavy atom. The summed E-state index contributed by atoms with van der Waals surface area (Å²) in [6.07, 6.45) is -12.0. The number of halogens is 6. The molecule has 0 radical (unpaired) electrons. The molecule has 0 fully saturated rings. The number of hydrogen-bond acceptors (Lipinski definition) is 10. The van der Waals surface area contributed by atoms with E-state index in [0.717, 1.165) is 36.4 Å². The maximum atomic E-state index is 14.6. The van der Waals surface area contributed by atoms with Crippen LogP contribution in [0.1, 0.15) is 73.3 Å². The first kappa shape index (κ1) is 32.6. The van der Waals surface area contributed by atoms with Crippen molar-refractivity contribution in [1.82, 2.24) is 0 Å². The first-order valence-electron chi connectivity index (χ1n) is 13.6. The molecule has 2 aliphatic rings. The second-order valence-electron chi connectivity index (χ2n) is 10.4. The van der Waals surface area contributed by atoms with Gasteiger partial charge in [-0.05, 0) is 71.8 Å². The van der Waals surface area contributed by atoms with Crippen molar-refractivity contribution in [1.29, 1.82) is 0 Å². The zero-order chi connectivity index (χ0) is 35.5. The SMILES string of the molecule is O=C(Oc1ccc(C(c2ccc(OC(=O)c3ccc4c(c3)C(=O)OC4=O)cc2)(C(F)(F)F)C(F)(F)F)cc1)c1ccc2c(c1)C(=O)OC2=O. The van der Waals surface area contributed by atoms with E-state index >= 15 is 0 Å². The van der Waals surface area contributed by atoms with Gasteiger partial charge in [-0.2, -0.15) is 26.3 Å². The highest BCUT2D eigenvalue weighted by atomic mass is 19.4. The van der Waals surface area contributed by atoms with Crippen LogP contribution < -0.4 is 9.47 Å². The molecule has 248 valence electrons. The number of carbonyl (C=O) groups is 6. The molecule has 0 unspecified atom stereocenters. The summed E-state index contributed by atoms with van der Waals surface area (Å²) in [5.41, 5.74) is -8.41. The number of esters is 6. The molecule has 0 saturated carbocycles. The number of benzene rings is 4. The summed E-state index contributed by atoms with van der Waals surface area (Å²) in [5, 5.41) is 0. The summed E-state index contributed by atoms with van der Waals surface area (Å²) in [4.78, 5) is 72.0. The molecule has 10 nitrogen and oxygen atoms in total. The van der Waals surface area contributed by atoms with Gasteiger partial charge in [-0.15, -0.1) is 0 Å². The molecule has 0 aromatic heterocycles. The molecule has 0 aliphatic carbocycles. The average molecular weight is 684 g/mol. The third-order valence-corrected chi connectivity index (χ3v) is 7.61. The van der Waals surface area contributed by atoms with Crippen molar-refractivity contribution in [2.45, 2.75) is 17.8 Å². The maximum Gasteiger partial charge on any atom is 0.411 e. The minimum atomic E-state index is -5.98. The van der Waals surface area contributed by atoms with Crippen LogP contribution >= 0.6 is 0 Å². The predicted molar refractivity (Wildman–Crippen MR) is 148 cm³/mol. The molecule has 2 heterocycles. The second-order valence-corrected chi connectivity index (χ2v) is 10.4. The Hall–Kier alpha value is -6.32. The standard InChI is InChI=1S/C33H14F6O10/c34-32(35,36)31(33(37,38)39,17-3-7-19(8-4-17)46-25(40)15-1-11-21-23(13-15)29(44)48-27(21)42)18-5-9-20(10-6-18)47-26(41)16-2-12-22-24(14-16)30(45)49-28(22)43/h1-14H. The van der Waals surface area contributed by atoms with Gasteiger partial charge in [0, 0.05) is 0 Å². The molecule has 0 bridgehead atoms. The van der Waals surface area contributed by atoms with Crippen LogP contribution in [0.2, 0.25) is 0 Å². The van der Waals surface area contributed by atoms with E-state index < -0.39 is 76.2 Å². The van der Waals surface area contributed by atoms with Crippen LogP contribution in [-0.4, -0.2) is 48.2 Å². The van der Waals surface area contributed by atoms with Gasteiger partial charge in [0.25, 0.3) is 0 Å². The molecule has 0 N–H and O–H groups in total. The van der Waals surface area contributed by atoms with E-state index in [0.29, 0.717) is 48.5 Å². The normalized spacial score (nSPS) is 14.2. The molecule has 2 aliphatic heterocycles. The van der Waals surface area contributed by atoms with Crippen LogP contribution in [0, 0.1) is 0 Å². The summed E-state index contributed by atoms with van der Waals surface area (Å²) < 4.78 is 107. The fourth-order valence-electron chi connectivity index (χ4n) is 5.28. The van der Waals surface area contributed by atoms with E-state index in [4.69, 9.17) is 9.47 Å². The van der Waals surface area contributed by atoms with Gasteiger partial charge < -0.3 is 18.9 Å². The highest BCUT2D eigenvalue weighted by Crippen LogP contribution is 2.56. The summed E-state index contributed by atoms with van der Waals surface area (Å²) in [6, 6.07) is 11.1. The molecule has 6 rings (SSSR count). The van der Waals surface area contributed by atoms with Crippen LogP contribution in [0.15, 0.2) is 84.9 Å². The van der Waals surface area contributed by atoms with Crippen molar-refractivity contribution in [3.63, 3.8) is 0 Å². The Kier molecular flexibility index (Phi) is 7.61. The first-order chi connectivity index (χ1) is 23.0. The molecule has 16 heteroatoms. The Balaban J connectivity index is 1.26. The van der Waals surface area contributed by atoms with Crippen molar-refractivity contribution >= 4 is 35.8 Å². The van der Waals surface area contributed by atoms with Crippen molar-refractivity contribution in [2.75, 3.05) is 0 Å². The molecule has 4 aromatic rings. The first-order valence-corrected chi connectivity index (χ1v) is 13.6. The van der Waals surface area contributed by atoms with E-state index in [-0.39, 0.29) is 33.4 Å². The largest absolute Gasteiger partial charge is 0.423 e. The number of fused-ring (bicyclic) bond motifs is 2. The van der Waals surface area contributed by atoms with Gasteiger partial charge >= 0.3 is 48.2 Å². The van der Waals surface area contributed by atoms with E-state index in [1.54, 1.807) is 0 Å². The van der Waals surface area contributed by atoms with Crippen molar-refractivity contribution < 1.29 is 74.1 Å². The Morgan fingerprint density at radius 3 is 1.12 bits per heavy atom. The van der Waals surface area contributed by atoms with Gasteiger partial charge in [0.15, 0.2) is 0 Å². The molecule has 49 heavy (non-hydrogen) atoms. The van der Waals surface area contributed by atoms with Crippen LogP contribution in [0.3, 0.4) is 0 Å². The molecule has 0 atom stereocenters. The lowest BCUT2D eigenvalue weighted by Gasteiger charge is -2.38. The lowest BCUT2D eigenvalue weighted by Crippen LogP contribution is -2.54. The molecule has 0 saturated heterocycles. The lowest BCUT2D eigenvalue weighted by atomic mass is 9.73. The lowest BCUT2D eigenvalue weighted by molar-refractivity contribution is -0.288. The number of hydrogen-bond donors (Lipinski definition) is 0. The summed E-state index contributed by atoms with van der Waals surface area (Å²) in [6.45, 7) is 0. The minimum absolute atomic E-state index is 0.112. The van der Waals surface area contributed by atoms with E-state index in [1.165, 1.54) is 0 Å². The molecule has 0 amide bonds. The minimum Gasteiger partial charge on any atom is -0.423 e. The van der Waals surface area contributed by atoms with Gasteiger partial charge in [0.05, 0.1) is 33.4 Å². The zero-order valence-corrected chi connectivity index (χ0v) is 23.9. The predicted octanol–water partition coefficient (Wildman–Crippen LogP) is 6.16. The van der Waals surface area contributed by atoms with E-state index in [9.17, 15) is 55.1 Å². The van der Waals surface area contributed by atoms with Gasteiger partial charge in [-0.3, -0.25) is 0 Å². The van der Waals surface area contributed by atoms with Gasteiger partial charge in [-0.1, -0.05) is 24.3 Å². The Bertz CT molecular complexity index is 1950. The van der Waals surface area contributed by atoms with Crippen molar-refractivity contribution in [3.8, 4) is 11.5 Å². The Labute approximate surface area is 268 Å². The van der Waals surface area contributed by atoms with E-state index in [1.807, 2.05) is 0 Å². The highest BCUT2D eigenvalue weighted by Gasteiger charge is 2.72. The number of rotatable bonds is 6. The van der Waals surface area contributed by atoms with Crippen LogP contribution in [0.25, 0.3) is 0 Å². The van der Waals surface area contributed by atoms with Crippen LogP contribution in [-0.2, 0) is 14.9 Å². The third-order valence-electron chi connectivity index (χ3n) is 7.61. The van der Waals surface area contributed by atoms with Gasteiger partial charge in [0.2, 0.25) is 5.41 Å². The number of cyclic esters (lactones) is 4. The van der Waals surface area contributed by atoms with Crippen LogP contribution in [0.4, 0.5) is 26.3 Å². The molecular weight excluding hydrogens is 670 g/mol. The smallest absolute Gasteiger partial charge is 0.411 e. The monoisotopic (exact) mass is 684 g/mol. The second kappa shape index (κ2) is 11.4. The molecule has 4 aromatic carbocycles. The number of ether oxygens (including phenoxy) is 4. The quantitative estimate of drug-likeness (QED) is 0.100. The van der Waals surface area contributed by atoms with Crippen molar-refractivity contribution in [2.24, 2.45) is 0 Å². The number of carbonyl (C=O) groups excluding carboxylic acids is 6. The van der Waals surface area contributed by atoms with Crippen LogP contribution in [0.5, 0.6) is 11.5 Å².